The minimum Gasteiger partial charge on any atom is -0.735 e. The van der Waals surface area contributed by atoms with Crippen molar-refractivity contribution >= 4 is 10.3 Å². The number of aromatic nitrogens is 3. The lowest BCUT2D eigenvalue weighted by atomic mass is 10.3. The summed E-state index contributed by atoms with van der Waals surface area (Å²) < 4.78 is 39.4. The van der Waals surface area contributed by atoms with E-state index in [0.29, 0.717) is 11.5 Å². The van der Waals surface area contributed by atoms with Crippen molar-refractivity contribution < 1.29 is 22.1 Å². The molecule has 96 valence electrons. The van der Waals surface area contributed by atoms with E-state index in [9.17, 15) is 13.0 Å². The Balaban J connectivity index is 1.96. The zero-order valence-corrected chi connectivity index (χ0v) is 10.0. The number of oxazole rings is 1. The molecular formula is C9H10N4O4S. The topological polar surface area (TPSA) is 112 Å². The molecule has 0 amide bonds. The summed E-state index contributed by atoms with van der Waals surface area (Å²) >= 11 is 0. The van der Waals surface area contributed by atoms with E-state index in [1.165, 1.54) is 23.3 Å². The van der Waals surface area contributed by atoms with Crippen LogP contribution < -0.4 is 9.40 Å². The SMILES string of the molecule is O=S(=O)([O-])NCC[n+]1ccc(-c2ncco2)cn1. The van der Waals surface area contributed by atoms with Gasteiger partial charge in [0.1, 0.15) is 12.5 Å². The van der Waals surface area contributed by atoms with E-state index in [1.807, 2.05) is 4.72 Å². The highest BCUT2D eigenvalue weighted by atomic mass is 32.2. The van der Waals surface area contributed by atoms with Crippen LogP contribution in [0.2, 0.25) is 0 Å². The van der Waals surface area contributed by atoms with Crippen LogP contribution in [0.1, 0.15) is 0 Å². The smallest absolute Gasteiger partial charge is 0.227 e. The summed E-state index contributed by atoms with van der Waals surface area (Å²) in [7, 11) is -4.40. The lowest BCUT2D eigenvalue weighted by Crippen LogP contribution is -2.43. The van der Waals surface area contributed by atoms with Crippen molar-refractivity contribution in [2.75, 3.05) is 6.54 Å². The zero-order valence-electron chi connectivity index (χ0n) is 9.18. The predicted octanol–water partition coefficient (Wildman–Crippen LogP) is -0.926. The molecule has 9 heteroatoms. The first-order valence-electron chi connectivity index (χ1n) is 5.01. The molecule has 0 fully saturated rings. The Morgan fingerprint density at radius 1 is 1.50 bits per heavy atom. The van der Waals surface area contributed by atoms with Gasteiger partial charge in [0.25, 0.3) is 0 Å². The van der Waals surface area contributed by atoms with Crippen molar-refractivity contribution in [3.05, 3.63) is 30.9 Å². The molecule has 0 aliphatic carbocycles. The standard InChI is InChI=1S/C9H10N4O4S/c14-18(15,16)12-2-5-13-4-1-8(7-11-13)9-10-3-6-17-9/h1,3-4,6-7,12H,2,5H2. The van der Waals surface area contributed by atoms with E-state index < -0.39 is 10.3 Å². The van der Waals surface area contributed by atoms with Crippen molar-refractivity contribution in [3.8, 4) is 11.5 Å². The number of nitrogens with one attached hydrogen (secondary N) is 1. The molecule has 0 spiro atoms. The van der Waals surface area contributed by atoms with Crippen LogP contribution in [-0.2, 0) is 16.8 Å². The van der Waals surface area contributed by atoms with Crippen LogP contribution in [0.3, 0.4) is 0 Å². The molecule has 0 saturated carbocycles. The molecule has 18 heavy (non-hydrogen) atoms. The highest BCUT2D eigenvalue weighted by Crippen LogP contribution is 2.12. The normalized spacial score (nSPS) is 11.6. The van der Waals surface area contributed by atoms with E-state index in [-0.39, 0.29) is 13.1 Å². The molecule has 0 radical (unpaired) electrons. The molecule has 2 aromatic rings. The average Bonchev–Trinajstić information content (AvgIpc) is 2.82. The Kier molecular flexibility index (Phi) is 3.65. The Bertz CT molecular complexity index is 594. The summed E-state index contributed by atoms with van der Waals surface area (Å²) in [6, 6.07) is 1.73. The van der Waals surface area contributed by atoms with Gasteiger partial charge in [-0.2, -0.15) is 0 Å². The average molecular weight is 270 g/mol. The van der Waals surface area contributed by atoms with Gasteiger partial charge in [-0.1, -0.05) is 4.68 Å². The van der Waals surface area contributed by atoms with Crippen LogP contribution in [0.25, 0.3) is 11.5 Å². The first-order chi connectivity index (χ1) is 8.54. The van der Waals surface area contributed by atoms with Gasteiger partial charge in [-0.25, -0.2) is 18.1 Å². The molecule has 0 aliphatic heterocycles. The van der Waals surface area contributed by atoms with Crippen LogP contribution in [-0.4, -0.2) is 29.6 Å². The minimum atomic E-state index is -4.40. The van der Waals surface area contributed by atoms with Gasteiger partial charge in [0.15, 0.2) is 23.0 Å². The van der Waals surface area contributed by atoms with Gasteiger partial charge in [0, 0.05) is 6.07 Å². The maximum atomic E-state index is 10.3. The number of hydrogen-bond donors (Lipinski definition) is 1. The quantitative estimate of drug-likeness (QED) is 0.555. The van der Waals surface area contributed by atoms with Crippen LogP contribution >= 0.6 is 0 Å². The van der Waals surface area contributed by atoms with Crippen LogP contribution in [0.4, 0.5) is 0 Å². The first kappa shape index (κ1) is 12.6. The zero-order chi connectivity index (χ0) is 13.0. The second kappa shape index (κ2) is 5.21. The molecule has 0 saturated heterocycles. The van der Waals surface area contributed by atoms with Crippen LogP contribution in [0.15, 0.2) is 35.3 Å². The fourth-order valence-corrected chi connectivity index (χ4v) is 1.64. The first-order valence-corrected chi connectivity index (χ1v) is 6.41. The molecule has 0 atom stereocenters. The maximum absolute atomic E-state index is 10.3. The van der Waals surface area contributed by atoms with Crippen molar-refractivity contribution in [2.45, 2.75) is 6.54 Å². The van der Waals surface area contributed by atoms with E-state index in [0.717, 1.165) is 0 Å². The van der Waals surface area contributed by atoms with E-state index in [1.54, 1.807) is 12.3 Å². The largest absolute Gasteiger partial charge is 0.735 e. The Labute approximate surface area is 103 Å². The van der Waals surface area contributed by atoms with E-state index >= 15 is 0 Å². The van der Waals surface area contributed by atoms with Crippen LogP contribution in [0.5, 0.6) is 0 Å². The molecule has 2 rings (SSSR count). The highest BCUT2D eigenvalue weighted by Gasteiger charge is 2.07. The van der Waals surface area contributed by atoms with E-state index in [4.69, 9.17) is 4.42 Å². The number of hydrogen-bond acceptors (Lipinski definition) is 6. The number of nitrogens with zero attached hydrogens (tertiary/aromatic N) is 3. The monoisotopic (exact) mass is 270 g/mol. The van der Waals surface area contributed by atoms with Gasteiger partial charge >= 0.3 is 0 Å². The summed E-state index contributed by atoms with van der Waals surface area (Å²) in [5.74, 6) is 0.454. The summed E-state index contributed by atoms with van der Waals surface area (Å²) in [4.78, 5) is 3.96. The van der Waals surface area contributed by atoms with Gasteiger partial charge in [0.2, 0.25) is 5.89 Å². The summed E-state index contributed by atoms with van der Waals surface area (Å²) in [6.45, 7) is 0.245. The minimum absolute atomic E-state index is 0.0121. The molecule has 0 aromatic carbocycles. The second-order valence-corrected chi connectivity index (χ2v) is 4.56. The molecule has 0 aliphatic rings. The molecule has 0 bridgehead atoms. The van der Waals surface area contributed by atoms with Gasteiger partial charge in [-0.05, 0) is 5.10 Å². The summed E-state index contributed by atoms with van der Waals surface area (Å²) in [5.41, 5.74) is 0.709. The fraction of sp³-hybridized carbons (Fsp3) is 0.222. The fourth-order valence-electron chi connectivity index (χ4n) is 1.29. The van der Waals surface area contributed by atoms with Crippen molar-refractivity contribution in [3.63, 3.8) is 0 Å². The number of rotatable bonds is 5. The van der Waals surface area contributed by atoms with E-state index in [2.05, 4.69) is 10.1 Å². The molecular weight excluding hydrogens is 260 g/mol. The maximum Gasteiger partial charge on any atom is 0.227 e. The summed E-state index contributed by atoms with van der Waals surface area (Å²) in [6.07, 6.45) is 6.16. The van der Waals surface area contributed by atoms with Gasteiger partial charge in [-0.3, -0.25) is 0 Å². The third kappa shape index (κ3) is 3.58. The lowest BCUT2D eigenvalue weighted by molar-refractivity contribution is -0.751. The van der Waals surface area contributed by atoms with Crippen LogP contribution in [0, 0.1) is 0 Å². The van der Waals surface area contributed by atoms with Gasteiger partial charge in [0.05, 0.1) is 18.3 Å². The van der Waals surface area contributed by atoms with Gasteiger partial charge < -0.3 is 8.97 Å². The van der Waals surface area contributed by atoms with Crippen molar-refractivity contribution in [1.82, 2.24) is 14.8 Å². The molecule has 2 heterocycles. The second-order valence-electron chi connectivity index (χ2n) is 3.36. The molecule has 0 unspecified atom stereocenters. The third-order valence-electron chi connectivity index (χ3n) is 2.07. The Morgan fingerprint density at radius 3 is 2.89 bits per heavy atom. The summed E-state index contributed by atoms with van der Waals surface area (Å²) in [5, 5.41) is 4.03. The van der Waals surface area contributed by atoms with Gasteiger partial charge in [-0.15, -0.1) is 0 Å². The Morgan fingerprint density at radius 2 is 2.33 bits per heavy atom. The highest BCUT2D eigenvalue weighted by molar-refractivity contribution is 7.83. The molecule has 1 N–H and O–H groups in total. The molecule has 8 nitrogen and oxygen atoms in total. The molecule has 2 aromatic heterocycles. The lowest BCUT2D eigenvalue weighted by Gasteiger charge is -2.05. The van der Waals surface area contributed by atoms with Crippen molar-refractivity contribution in [1.29, 1.82) is 0 Å². The Hall–Kier alpha value is -1.84. The van der Waals surface area contributed by atoms with Crippen molar-refractivity contribution in [2.24, 2.45) is 0 Å². The predicted molar refractivity (Wildman–Crippen MR) is 57.6 cm³/mol. The third-order valence-corrected chi connectivity index (χ3v) is 2.63.